The van der Waals surface area contributed by atoms with Crippen LogP contribution in [0, 0.1) is 0 Å². The molecule has 1 heterocycles. The summed E-state index contributed by atoms with van der Waals surface area (Å²) < 4.78 is 16.1. The van der Waals surface area contributed by atoms with Crippen molar-refractivity contribution in [2.45, 2.75) is 6.54 Å². The molecular formula is C16H26N4O4. The molecule has 0 saturated carbocycles. The number of piperazine rings is 1. The molecule has 0 aromatic heterocycles. The zero-order chi connectivity index (χ0) is 17.5. The zero-order valence-electron chi connectivity index (χ0n) is 14.5. The second-order valence-corrected chi connectivity index (χ2v) is 5.65. The number of hydrogen-bond donors (Lipinski definition) is 2. The van der Waals surface area contributed by atoms with Crippen molar-refractivity contribution in [1.82, 2.24) is 15.2 Å². The highest BCUT2D eigenvalue weighted by atomic mass is 16.5. The minimum absolute atomic E-state index is 0.159. The van der Waals surface area contributed by atoms with Crippen molar-refractivity contribution in [1.29, 1.82) is 0 Å². The number of nitrogens with two attached hydrogens (primary N) is 1. The van der Waals surface area contributed by atoms with Gasteiger partial charge in [-0.3, -0.25) is 20.0 Å². The number of rotatable bonds is 7. The number of carbonyl (C=O) groups is 1. The lowest BCUT2D eigenvalue weighted by molar-refractivity contribution is -0.122. The Morgan fingerprint density at radius 2 is 1.58 bits per heavy atom. The normalized spacial score (nSPS) is 15.8. The summed E-state index contributed by atoms with van der Waals surface area (Å²) >= 11 is 0. The van der Waals surface area contributed by atoms with Crippen LogP contribution >= 0.6 is 0 Å². The van der Waals surface area contributed by atoms with E-state index in [2.05, 4.69) is 15.2 Å². The second-order valence-electron chi connectivity index (χ2n) is 5.65. The minimum Gasteiger partial charge on any atom is -0.493 e. The first-order valence-electron chi connectivity index (χ1n) is 7.84. The average Bonchev–Trinajstić information content (AvgIpc) is 2.62. The lowest BCUT2D eigenvalue weighted by atomic mass is 10.1. The Bertz CT molecular complexity index is 534. The maximum atomic E-state index is 11.3. The van der Waals surface area contributed by atoms with Crippen LogP contribution in [0.2, 0.25) is 0 Å². The van der Waals surface area contributed by atoms with E-state index in [1.807, 2.05) is 12.1 Å². The van der Waals surface area contributed by atoms with Crippen LogP contribution in [0.5, 0.6) is 17.2 Å². The van der Waals surface area contributed by atoms with Gasteiger partial charge in [-0.25, -0.2) is 5.84 Å². The predicted molar refractivity (Wildman–Crippen MR) is 90.1 cm³/mol. The van der Waals surface area contributed by atoms with Gasteiger partial charge in [0.1, 0.15) is 0 Å². The molecule has 1 amide bonds. The summed E-state index contributed by atoms with van der Waals surface area (Å²) in [5.74, 6) is 6.88. The fraction of sp³-hybridized carbons (Fsp3) is 0.562. The van der Waals surface area contributed by atoms with Gasteiger partial charge in [0.25, 0.3) is 0 Å². The van der Waals surface area contributed by atoms with E-state index in [0.29, 0.717) is 23.8 Å². The van der Waals surface area contributed by atoms with Gasteiger partial charge >= 0.3 is 0 Å². The fourth-order valence-corrected chi connectivity index (χ4v) is 2.84. The molecule has 1 saturated heterocycles. The third-order valence-corrected chi connectivity index (χ3v) is 4.12. The predicted octanol–water partition coefficient (Wildman–Crippen LogP) is -0.180. The van der Waals surface area contributed by atoms with Gasteiger partial charge in [-0.1, -0.05) is 0 Å². The van der Waals surface area contributed by atoms with Gasteiger partial charge < -0.3 is 14.2 Å². The van der Waals surface area contributed by atoms with Crippen molar-refractivity contribution in [2.75, 3.05) is 54.1 Å². The third-order valence-electron chi connectivity index (χ3n) is 4.12. The first-order chi connectivity index (χ1) is 11.6. The first-order valence-corrected chi connectivity index (χ1v) is 7.84. The van der Waals surface area contributed by atoms with E-state index in [1.54, 1.807) is 21.3 Å². The number of amides is 1. The highest BCUT2D eigenvalue weighted by Crippen LogP contribution is 2.38. The Kier molecular flexibility index (Phi) is 6.65. The Balaban J connectivity index is 1.98. The lowest BCUT2D eigenvalue weighted by Crippen LogP contribution is -2.49. The summed E-state index contributed by atoms with van der Waals surface area (Å²) in [6.45, 7) is 4.56. The molecule has 2 rings (SSSR count). The Hall–Kier alpha value is -2.03. The SMILES string of the molecule is COc1cc(CN2CCN(CC(=O)NN)CC2)cc(OC)c1OC. The number of methoxy groups -OCH3 is 3. The molecule has 0 aliphatic carbocycles. The van der Waals surface area contributed by atoms with Crippen molar-refractivity contribution >= 4 is 5.91 Å². The van der Waals surface area contributed by atoms with Crippen LogP contribution in [0.3, 0.4) is 0 Å². The number of hydrazine groups is 1. The van der Waals surface area contributed by atoms with E-state index < -0.39 is 0 Å². The van der Waals surface area contributed by atoms with Gasteiger partial charge in [0, 0.05) is 32.7 Å². The number of nitrogens with zero attached hydrogens (tertiary/aromatic N) is 2. The molecule has 0 bridgehead atoms. The van der Waals surface area contributed by atoms with E-state index in [0.717, 1.165) is 38.3 Å². The molecule has 1 fully saturated rings. The van der Waals surface area contributed by atoms with Gasteiger partial charge in [-0.2, -0.15) is 0 Å². The summed E-state index contributed by atoms with van der Waals surface area (Å²) in [6, 6.07) is 3.94. The number of benzene rings is 1. The standard InChI is InChI=1S/C16H26N4O4/c1-22-13-8-12(9-14(23-2)16(13)24-3)10-19-4-6-20(7-5-19)11-15(21)18-17/h8-9H,4-7,10-11,17H2,1-3H3,(H,18,21). The molecule has 1 aromatic carbocycles. The van der Waals surface area contributed by atoms with Crippen LogP contribution < -0.4 is 25.5 Å². The van der Waals surface area contributed by atoms with Gasteiger partial charge in [0.2, 0.25) is 11.7 Å². The molecule has 1 aliphatic heterocycles. The topological polar surface area (TPSA) is 89.3 Å². The third kappa shape index (κ3) is 4.50. The maximum Gasteiger partial charge on any atom is 0.248 e. The summed E-state index contributed by atoms with van der Waals surface area (Å²) in [5.41, 5.74) is 3.26. The molecule has 8 nitrogen and oxygen atoms in total. The van der Waals surface area contributed by atoms with E-state index in [1.165, 1.54) is 0 Å². The molecule has 8 heteroatoms. The van der Waals surface area contributed by atoms with E-state index in [-0.39, 0.29) is 5.91 Å². The van der Waals surface area contributed by atoms with Gasteiger partial charge in [-0.15, -0.1) is 0 Å². The maximum absolute atomic E-state index is 11.3. The number of hydrogen-bond acceptors (Lipinski definition) is 7. The van der Waals surface area contributed by atoms with E-state index in [4.69, 9.17) is 20.1 Å². The molecule has 1 aromatic rings. The van der Waals surface area contributed by atoms with Crippen molar-refractivity contribution in [3.63, 3.8) is 0 Å². The van der Waals surface area contributed by atoms with Crippen molar-refractivity contribution < 1.29 is 19.0 Å². The molecule has 0 spiro atoms. The molecule has 0 radical (unpaired) electrons. The van der Waals surface area contributed by atoms with Crippen molar-refractivity contribution in [3.05, 3.63) is 17.7 Å². The summed E-state index contributed by atoms with van der Waals surface area (Å²) in [4.78, 5) is 15.7. The van der Waals surface area contributed by atoms with E-state index >= 15 is 0 Å². The molecule has 0 atom stereocenters. The van der Waals surface area contributed by atoms with Crippen LogP contribution in [-0.4, -0.2) is 69.8 Å². The van der Waals surface area contributed by atoms with Crippen LogP contribution in [0.4, 0.5) is 0 Å². The average molecular weight is 338 g/mol. The molecule has 134 valence electrons. The number of nitrogens with one attached hydrogen (secondary N) is 1. The minimum atomic E-state index is -0.159. The fourth-order valence-electron chi connectivity index (χ4n) is 2.84. The Morgan fingerprint density at radius 1 is 1.04 bits per heavy atom. The van der Waals surface area contributed by atoms with Gasteiger partial charge in [-0.05, 0) is 17.7 Å². The molecular weight excluding hydrogens is 312 g/mol. The summed E-state index contributed by atoms with van der Waals surface area (Å²) in [5, 5.41) is 0. The van der Waals surface area contributed by atoms with Gasteiger partial charge in [0.15, 0.2) is 11.5 Å². The smallest absolute Gasteiger partial charge is 0.248 e. The van der Waals surface area contributed by atoms with Crippen LogP contribution in [0.15, 0.2) is 12.1 Å². The highest BCUT2D eigenvalue weighted by Gasteiger charge is 2.20. The molecule has 3 N–H and O–H groups in total. The largest absolute Gasteiger partial charge is 0.493 e. The van der Waals surface area contributed by atoms with Gasteiger partial charge in [0.05, 0.1) is 27.9 Å². The van der Waals surface area contributed by atoms with Crippen LogP contribution in [0.1, 0.15) is 5.56 Å². The molecule has 24 heavy (non-hydrogen) atoms. The second kappa shape index (κ2) is 8.72. The van der Waals surface area contributed by atoms with Crippen molar-refractivity contribution in [3.8, 4) is 17.2 Å². The summed E-state index contributed by atoms with van der Waals surface area (Å²) in [6.07, 6.45) is 0. The summed E-state index contributed by atoms with van der Waals surface area (Å²) in [7, 11) is 4.82. The zero-order valence-corrected chi connectivity index (χ0v) is 14.5. The number of carbonyl (C=O) groups excluding carboxylic acids is 1. The van der Waals surface area contributed by atoms with Crippen LogP contribution in [0.25, 0.3) is 0 Å². The highest BCUT2D eigenvalue weighted by molar-refractivity contribution is 5.77. The van der Waals surface area contributed by atoms with Crippen LogP contribution in [-0.2, 0) is 11.3 Å². The molecule has 0 unspecified atom stereocenters. The number of ether oxygens (including phenoxy) is 3. The lowest BCUT2D eigenvalue weighted by Gasteiger charge is -2.34. The first kappa shape index (κ1) is 18.3. The monoisotopic (exact) mass is 338 g/mol. The van der Waals surface area contributed by atoms with Crippen molar-refractivity contribution in [2.24, 2.45) is 5.84 Å². The molecule has 1 aliphatic rings. The van der Waals surface area contributed by atoms with E-state index in [9.17, 15) is 4.79 Å². The Labute approximate surface area is 142 Å². The quantitative estimate of drug-likeness (QED) is 0.405. The Morgan fingerprint density at radius 3 is 2.04 bits per heavy atom.